The normalized spacial score (nSPS) is 10.9. The van der Waals surface area contributed by atoms with Gasteiger partial charge < -0.3 is 4.42 Å². The summed E-state index contributed by atoms with van der Waals surface area (Å²) in [4.78, 5) is 11.9. The molecular weight excluding hydrogens is 333 g/mol. The number of nitrogens with zero attached hydrogens (tertiary/aromatic N) is 2. The van der Waals surface area contributed by atoms with Gasteiger partial charge in [0, 0.05) is 16.7 Å². The topological polar surface area (TPSA) is 68.0 Å². The number of carbonyl (C=O) groups excluding carboxylic acids is 1. The van der Waals surface area contributed by atoms with Crippen LogP contribution in [-0.2, 0) is 4.79 Å². The van der Waals surface area contributed by atoms with Gasteiger partial charge in [-0.1, -0.05) is 41.0 Å². The van der Waals surface area contributed by atoms with Crippen LogP contribution >= 0.6 is 11.6 Å². The summed E-state index contributed by atoms with van der Waals surface area (Å²) in [5.74, 6) is -0.761. The van der Waals surface area contributed by atoms with Crippen LogP contribution in [0.3, 0.4) is 0 Å². The van der Waals surface area contributed by atoms with Gasteiger partial charge in [-0.05, 0) is 35.9 Å². The number of carbonyl (C=O) groups is 1. The minimum absolute atomic E-state index is 0.0805. The maximum absolute atomic E-state index is 13.2. The first-order valence-corrected chi connectivity index (χ1v) is 7.32. The molecule has 0 unspecified atom stereocenters. The number of hydrogen-bond acceptors (Lipinski definition) is 4. The van der Waals surface area contributed by atoms with E-state index in [1.165, 1.54) is 24.3 Å². The van der Waals surface area contributed by atoms with E-state index in [2.05, 4.69) is 15.5 Å². The second-order valence-corrected chi connectivity index (χ2v) is 5.17. The Bertz CT molecular complexity index is 908. The molecule has 3 aromatic rings. The molecule has 3 rings (SSSR count). The lowest BCUT2D eigenvalue weighted by Gasteiger charge is -1.97. The number of hydrogen-bond donors (Lipinski definition) is 1. The van der Waals surface area contributed by atoms with Gasteiger partial charge in [-0.2, -0.15) is 0 Å². The maximum atomic E-state index is 13.2. The first-order chi connectivity index (χ1) is 11.6. The van der Waals surface area contributed by atoms with Crippen molar-refractivity contribution in [1.29, 1.82) is 0 Å². The third-order valence-electron chi connectivity index (χ3n) is 3.05. The van der Waals surface area contributed by atoms with Crippen LogP contribution in [0, 0.1) is 5.82 Å². The second kappa shape index (κ2) is 7.06. The third-order valence-corrected chi connectivity index (χ3v) is 3.39. The number of anilines is 1. The molecule has 2 aromatic carbocycles. The predicted molar refractivity (Wildman–Crippen MR) is 88.8 cm³/mol. The largest absolute Gasteiger partial charge is 0.403 e. The van der Waals surface area contributed by atoms with E-state index in [0.29, 0.717) is 16.1 Å². The van der Waals surface area contributed by atoms with Gasteiger partial charge in [-0.25, -0.2) is 4.39 Å². The van der Waals surface area contributed by atoms with Gasteiger partial charge >= 0.3 is 6.01 Å². The summed E-state index contributed by atoms with van der Waals surface area (Å²) >= 11 is 6.00. The van der Waals surface area contributed by atoms with Crippen LogP contribution in [0.5, 0.6) is 0 Å². The fourth-order valence-electron chi connectivity index (χ4n) is 1.93. The Kier molecular flexibility index (Phi) is 4.67. The Morgan fingerprint density at radius 3 is 2.79 bits per heavy atom. The maximum Gasteiger partial charge on any atom is 0.322 e. The molecule has 0 fully saturated rings. The second-order valence-electron chi connectivity index (χ2n) is 4.77. The predicted octanol–water partition coefficient (Wildman–Crippen LogP) is 4.18. The van der Waals surface area contributed by atoms with E-state index < -0.39 is 11.7 Å². The van der Waals surface area contributed by atoms with Gasteiger partial charge in [0.1, 0.15) is 5.82 Å². The average molecular weight is 344 g/mol. The van der Waals surface area contributed by atoms with Crippen LogP contribution in [0.25, 0.3) is 17.5 Å². The Morgan fingerprint density at radius 2 is 2.00 bits per heavy atom. The molecule has 0 bridgehead atoms. The van der Waals surface area contributed by atoms with Gasteiger partial charge in [-0.15, -0.1) is 5.10 Å². The number of nitrogens with one attached hydrogen (secondary N) is 1. The molecule has 1 heterocycles. The van der Waals surface area contributed by atoms with Crippen molar-refractivity contribution >= 4 is 29.6 Å². The molecule has 24 heavy (non-hydrogen) atoms. The minimum Gasteiger partial charge on any atom is -0.403 e. The lowest BCUT2D eigenvalue weighted by atomic mass is 10.2. The molecule has 1 aromatic heterocycles. The molecule has 1 amide bonds. The Labute approximate surface area is 141 Å². The van der Waals surface area contributed by atoms with Crippen molar-refractivity contribution in [2.45, 2.75) is 0 Å². The van der Waals surface area contributed by atoms with E-state index in [9.17, 15) is 9.18 Å². The van der Waals surface area contributed by atoms with Crippen LogP contribution in [0.2, 0.25) is 5.02 Å². The van der Waals surface area contributed by atoms with Crippen LogP contribution in [-0.4, -0.2) is 16.1 Å². The van der Waals surface area contributed by atoms with E-state index in [0.717, 1.165) is 0 Å². The van der Waals surface area contributed by atoms with E-state index in [4.69, 9.17) is 16.0 Å². The molecule has 0 aliphatic carbocycles. The summed E-state index contributed by atoms with van der Waals surface area (Å²) < 4.78 is 18.5. The molecule has 7 heteroatoms. The van der Waals surface area contributed by atoms with Gasteiger partial charge in [0.25, 0.3) is 5.91 Å². The zero-order chi connectivity index (χ0) is 16.9. The van der Waals surface area contributed by atoms with Crippen molar-refractivity contribution in [3.8, 4) is 11.5 Å². The molecule has 0 spiro atoms. The molecule has 0 aliphatic heterocycles. The summed E-state index contributed by atoms with van der Waals surface area (Å²) in [6.07, 6.45) is 2.87. The van der Waals surface area contributed by atoms with Crippen molar-refractivity contribution < 1.29 is 13.6 Å². The third kappa shape index (κ3) is 3.85. The summed E-state index contributed by atoms with van der Waals surface area (Å²) in [7, 11) is 0. The quantitative estimate of drug-likeness (QED) is 0.721. The van der Waals surface area contributed by atoms with Gasteiger partial charge in [0.15, 0.2) is 0 Å². The minimum atomic E-state index is -0.454. The number of rotatable bonds is 4. The molecule has 120 valence electrons. The number of amides is 1. The molecular formula is C17H11ClFN3O2. The molecule has 0 saturated carbocycles. The molecule has 0 radical (unpaired) electrons. The Hall–Kier alpha value is -2.99. The lowest BCUT2D eigenvalue weighted by molar-refractivity contribution is -0.112. The zero-order valence-corrected chi connectivity index (χ0v) is 13.0. The first kappa shape index (κ1) is 15.9. The summed E-state index contributed by atoms with van der Waals surface area (Å²) in [5, 5.41) is 10.4. The summed E-state index contributed by atoms with van der Waals surface area (Å²) in [6, 6.07) is 12.8. The SMILES string of the molecule is O=C(/C=C/c1ccccc1Cl)Nc1nnc(-c2cccc(F)c2)o1. The van der Waals surface area contributed by atoms with Crippen molar-refractivity contribution in [3.63, 3.8) is 0 Å². The molecule has 0 aliphatic rings. The van der Waals surface area contributed by atoms with Crippen molar-refractivity contribution in [3.05, 3.63) is 71.0 Å². The molecule has 5 nitrogen and oxygen atoms in total. The van der Waals surface area contributed by atoms with Gasteiger partial charge in [-0.3, -0.25) is 10.1 Å². The fourth-order valence-corrected chi connectivity index (χ4v) is 2.13. The van der Waals surface area contributed by atoms with E-state index in [1.807, 2.05) is 6.07 Å². The van der Waals surface area contributed by atoms with E-state index in [-0.39, 0.29) is 11.9 Å². The molecule has 0 atom stereocenters. The van der Waals surface area contributed by atoms with E-state index >= 15 is 0 Å². The molecule has 1 N–H and O–H groups in total. The Balaban J connectivity index is 1.68. The highest BCUT2D eigenvalue weighted by Gasteiger charge is 2.10. The highest BCUT2D eigenvalue weighted by atomic mass is 35.5. The van der Waals surface area contributed by atoms with Crippen LogP contribution in [0.4, 0.5) is 10.4 Å². The van der Waals surface area contributed by atoms with Gasteiger partial charge in [0.2, 0.25) is 5.89 Å². The van der Waals surface area contributed by atoms with Crippen LogP contribution in [0.1, 0.15) is 5.56 Å². The monoisotopic (exact) mass is 343 g/mol. The standard InChI is InChI=1S/C17H11ClFN3O2/c18-14-7-2-1-4-11(14)8-9-15(23)20-17-22-21-16(24-17)12-5-3-6-13(19)10-12/h1-10H,(H,20,22,23)/b9-8+. The zero-order valence-electron chi connectivity index (χ0n) is 12.2. The fraction of sp³-hybridized carbons (Fsp3) is 0. The lowest BCUT2D eigenvalue weighted by Crippen LogP contribution is -2.07. The highest BCUT2D eigenvalue weighted by Crippen LogP contribution is 2.20. The summed E-state index contributed by atoms with van der Waals surface area (Å²) in [6.45, 7) is 0. The number of benzene rings is 2. The van der Waals surface area contributed by atoms with Crippen LogP contribution in [0.15, 0.2) is 59.0 Å². The Morgan fingerprint density at radius 1 is 1.17 bits per heavy atom. The van der Waals surface area contributed by atoms with Crippen LogP contribution < -0.4 is 5.32 Å². The average Bonchev–Trinajstić information content (AvgIpc) is 3.02. The highest BCUT2D eigenvalue weighted by molar-refractivity contribution is 6.32. The van der Waals surface area contributed by atoms with Gasteiger partial charge in [0.05, 0.1) is 0 Å². The van der Waals surface area contributed by atoms with Crippen molar-refractivity contribution in [2.24, 2.45) is 0 Å². The molecule has 0 saturated heterocycles. The van der Waals surface area contributed by atoms with Crippen molar-refractivity contribution in [1.82, 2.24) is 10.2 Å². The summed E-state index contributed by atoms with van der Waals surface area (Å²) in [5.41, 5.74) is 1.13. The number of halogens is 2. The first-order valence-electron chi connectivity index (χ1n) is 6.95. The smallest absolute Gasteiger partial charge is 0.322 e. The van der Waals surface area contributed by atoms with E-state index in [1.54, 1.807) is 30.3 Å². The van der Waals surface area contributed by atoms with Crippen molar-refractivity contribution in [2.75, 3.05) is 5.32 Å². The number of aromatic nitrogens is 2.